The molecular formula is C23H29N2O5+. The van der Waals surface area contributed by atoms with Crippen molar-refractivity contribution in [2.75, 3.05) is 6.61 Å². The molecule has 1 amide bonds. The van der Waals surface area contributed by atoms with E-state index in [1.165, 1.54) is 0 Å². The predicted molar refractivity (Wildman–Crippen MR) is 111 cm³/mol. The lowest BCUT2D eigenvalue weighted by molar-refractivity contribution is -0.671. The molecule has 1 unspecified atom stereocenters. The molecule has 0 spiro atoms. The van der Waals surface area contributed by atoms with E-state index >= 15 is 0 Å². The van der Waals surface area contributed by atoms with Crippen molar-refractivity contribution >= 4 is 17.8 Å². The summed E-state index contributed by atoms with van der Waals surface area (Å²) in [5.41, 5.74) is 0.632. The summed E-state index contributed by atoms with van der Waals surface area (Å²) in [4.78, 5) is 37.0. The molecular weight excluding hydrogens is 384 g/mol. The van der Waals surface area contributed by atoms with E-state index in [9.17, 15) is 14.4 Å². The number of esters is 2. The maximum atomic E-state index is 12.6. The molecule has 0 fully saturated rings. The van der Waals surface area contributed by atoms with Gasteiger partial charge >= 0.3 is 11.9 Å². The molecule has 7 nitrogen and oxygen atoms in total. The van der Waals surface area contributed by atoms with Crippen molar-refractivity contribution in [3.8, 4) is 5.75 Å². The molecule has 0 aliphatic carbocycles. The van der Waals surface area contributed by atoms with Gasteiger partial charge in [0.1, 0.15) is 24.4 Å². The number of rotatable bonds is 7. The third-order valence-corrected chi connectivity index (χ3v) is 4.26. The van der Waals surface area contributed by atoms with Gasteiger partial charge in [-0.2, -0.15) is 0 Å². The lowest BCUT2D eigenvalue weighted by Gasteiger charge is -2.18. The minimum absolute atomic E-state index is 0.215. The Hall–Kier alpha value is -3.22. The molecule has 0 aliphatic rings. The Bertz CT molecular complexity index is 901. The average molecular weight is 413 g/mol. The Morgan fingerprint density at radius 3 is 2.33 bits per heavy atom. The van der Waals surface area contributed by atoms with Gasteiger partial charge in [0, 0.05) is 12.5 Å². The normalized spacial score (nSPS) is 12.0. The molecule has 0 aliphatic heterocycles. The van der Waals surface area contributed by atoms with Crippen LogP contribution in [-0.4, -0.2) is 30.5 Å². The minimum Gasteiger partial charge on any atom is -0.464 e. The van der Waals surface area contributed by atoms with Gasteiger partial charge in [0.05, 0.1) is 12.0 Å². The highest BCUT2D eigenvalue weighted by molar-refractivity contribution is 5.96. The Labute approximate surface area is 177 Å². The number of carbonyl (C=O) groups is 3. The second-order valence-corrected chi connectivity index (χ2v) is 8.02. The smallest absolute Gasteiger partial charge is 0.328 e. The number of nitrogens with zero attached hydrogens (tertiary/aromatic N) is 1. The maximum Gasteiger partial charge on any atom is 0.328 e. The van der Waals surface area contributed by atoms with E-state index in [0.29, 0.717) is 11.3 Å². The van der Waals surface area contributed by atoms with Crippen molar-refractivity contribution < 1.29 is 28.4 Å². The second-order valence-electron chi connectivity index (χ2n) is 8.02. The summed E-state index contributed by atoms with van der Waals surface area (Å²) in [5.74, 6) is -0.774. The summed E-state index contributed by atoms with van der Waals surface area (Å²) in [6.45, 7) is 7.27. The number of carbonyl (C=O) groups excluding carboxylic acids is 3. The third-order valence-electron chi connectivity index (χ3n) is 4.26. The number of aryl methyl sites for hydroxylation is 1. The van der Waals surface area contributed by atoms with Gasteiger partial charge in [0.15, 0.2) is 12.4 Å². The van der Waals surface area contributed by atoms with Gasteiger partial charge < -0.3 is 14.8 Å². The Kier molecular flexibility index (Phi) is 7.69. The second kappa shape index (κ2) is 10.0. The molecule has 1 atom stereocenters. The summed E-state index contributed by atoms with van der Waals surface area (Å²) in [6.07, 6.45) is 3.74. The SMILES string of the molecule is CCOC(=O)C(Cc1ccc(OC(=O)C(C)(C)C)cc1)NC(=O)c1ccc[n+](C)c1. The van der Waals surface area contributed by atoms with Crippen molar-refractivity contribution in [3.05, 3.63) is 59.9 Å². The fourth-order valence-corrected chi connectivity index (χ4v) is 2.59. The number of hydrogen-bond acceptors (Lipinski definition) is 5. The van der Waals surface area contributed by atoms with Crippen LogP contribution in [0.5, 0.6) is 5.75 Å². The van der Waals surface area contributed by atoms with Crippen LogP contribution >= 0.6 is 0 Å². The number of hydrogen-bond donors (Lipinski definition) is 1. The minimum atomic E-state index is -0.842. The lowest BCUT2D eigenvalue weighted by Crippen LogP contribution is -2.44. The van der Waals surface area contributed by atoms with Gasteiger partial charge in [-0.05, 0) is 51.5 Å². The van der Waals surface area contributed by atoms with Gasteiger partial charge in [-0.1, -0.05) is 12.1 Å². The number of amides is 1. The number of ether oxygens (including phenoxy) is 2. The van der Waals surface area contributed by atoms with Crippen molar-refractivity contribution in [1.82, 2.24) is 5.32 Å². The summed E-state index contributed by atoms with van der Waals surface area (Å²) in [6, 6.07) is 9.44. The summed E-state index contributed by atoms with van der Waals surface area (Å²) >= 11 is 0. The molecule has 30 heavy (non-hydrogen) atoms. The highest BCUT2D eigenvalue weighted by Gasteiger charge is 2.25. The molecule has 1 aromatic heterocycles. The van der Waals surface area contributed by atoms with Crippen LogP contribution in [0.4, 0.5) is 0 Å². The van der Waals surface area contributed by atoms with Crippen molar-refractivity contribution in [2.45, 2.75) is 40.2 Å². The van der Waals surface area contributed by atoms with Crippen LogP contribution in [-0.2, 0) is 27.8 Å². The fourth-order valence-electron chi connectivity index (χ4n) is 2.59. The monoisotopic (exact) mass is 413 g/mol. The van der Waals surface area contributed by atoms with E-state index in [1.807, 2.05) is 13.2 Å². The van der Waals surface area contributed by atoms with Crippen LogP contribution in [0.3, 0.4) is 0 Å². The first-order valence-corrected chi connectivity index (χ1v) is 9.84. The molecule has 2 aromatic rings. The average Bonchev–Trinajstić information content (AvgIpc) is 2.68. The highest BCUT2D eigenvalue weighted by Crippen LogP contribution is 2.20. The topological polar surface area (TPSA) is 85.6 Å². The standard InChI is InChI=1S/C23H28N2O5/c1-6-29-21(27)19(24-20(26)17-8-7-13-25(5)15-17)14-16-9-11-18(12-10-16)30-22(28)23(2,3)4/h7-13,15,19H,6,14H2,1-5H3/p+1. The van der Waals surface area contributed by atoms with Crippen LogP contribution in [0.15, 0.2) is 48.8 Å². The third kappa shape index (κ3) is 6.69. The number of benzene rings is 1. The van der Waals surface area contributed by atoms with Crippen molar-refractivity contribution in [1.29, 1.82) is 0 Å². The van der Waals surface area contributed by atoms with Gasteiger partial charge in [-0.15, -0.1) is 0 Å². The van der Waals surface area contributed by atoms with E-state index in [2.05, 4.69) is 5.32 Å². The fraction of sp³-hybridized carbons (Fsp3) is 0.391. The predicted octanol–water partition coefficient (Wildman–Crippen LogP) is 2.37. The zero-order valence-electron chi connectivity index (χ0n) is 18.1. The number of pyridine rings is 1. The maximum absolute atomic E-state index is 12.6. The summed E-state index contributed by atoms with van der Waals surface area (Å²) in [7, 11) is 1.81. The van der Waals surface area contributed by atoms with Crippen molar-refractivity contribution in [2.24, 2.45) is 12.5 Å². The van der Waals surface area contributed by atoms with E-state index in [4.69, 9.17) is 9.47 Å². The van der Waals surface area contributed by atoms with Gasteiger partial charge in [0.2, 0.25) is 0 Å². The molecule has 160 valence electrons. The molecule has 1 N–H and O–H groups in total. The first-order chi connectivity index (χ1) is 14.1. The summed E-state index contributed by atoms with van der Waals surface area (Å²) in [5, 5.41) is 2.75. The van der Waals surface area contributed by atoms with E-state index in [0.717, 1.165) is 5.56 Å². The highest BCUT2D eigenvalue weighted by atomic mass is 16.5. The molecule has 0 bridgehead atoms. The molecule has 2 rings (SSSR count). The Balaban J connectivity index is 2.11. The van der Waals surface area contributed by atoms with Gasteiger partial charge in [-0.25, -0.2) is 9.36 Å². The Morgan fingerprint density at radius 2 is 1.77 bits per heavy atom. The molecule has 0 saturated carbocycles. The quantitative estimate of drug-likeness (QED) is 0.428. The van der Waals surface area contributed by atoms with Crippen LogP contribution in [0.1, 0.15) is 43.6 Å². The van der Waals surface area contributed by atoms with Crippen LogP contribution in [0.2, 0.25) is 0 Å². The summed E-state index contributed by atoms with van der Waals surface area (Å²) < 4.78 is 12.2. The number of aromatic nitrogens is 1. The Morgan fingerprint density at radius 1 is 1.10 bits per heavy atom. The largest absolute Gasteiger partial charge is 0.464 e. The van der Waals surface area contributed by atoms with Crippen LogP contribution < -0.4 is 14.6 Å². The zero-order valence-corrected chi connectivity index (χ0v) is 18.1. The van der Waals surface area contributed by atoms with E-state index in [-0.39, 0.29) is 24.9 Å². The van der Waals surface area contributed by atoms with E-state index in [1.54, 1.807) is 74.9 Å². The lowest BCUT2D eigenvalue weighted by atomic mass is 9.97. The number of nitrogens with one attached hydrogen (secondary N) is 1. The van der Waals surface area contributed by atoms with Crippen molar-refractivity contribution in [3.63, 3.8) is 0 Å². The van der Waals surface area contributed by atoms with Crippen LogP contribution in [0.25, 0.3) is 0 Å². The molecule has 7 heteroatoms. The van der Waals surface area contributed by atoms with Gasteiger partial charge in [-0.3, -0.25) is 9.59 Å². The molecule has 1 heterocycles. The molecule has 0 saturated heterocycles. The zero-order chi connectivity index (χ0) is 22.3. The van der Waals surface area contributed by atoms with Gasteiger partial charge in [0.25, 0.3) is 5.91 Å². The molecule has 0 radical (unpaired) electrons. The van der Waals surface area contributed by atoms with E-state index < -0.39 is 17.4 Å². The first kappa shape index (κ1) is 23.1. The molecule has 1 aromatic carbocycles. The van der Waals surface area contributed by atoms with Crippen LogP contribution in [0, 0.1) is 5.41 Å². The first-order valence-electron chi connectivity index (χ1n) is 9.84.